The van der Waals surface area contributed by atoms with E-state index in [4.69, 9.17) is 0 Å². The van der Waals surface area contributed by atoms with E-state index in [1.54, 1.807) is 0 Å². The van der Waals surface area contributed by atoms with Crippen molar-refractivity contribution in [3.8, 4) is 0 Å². The number of hydrogen-bond acceptors (Lipinski definition) is 3. The molecule has 0 radical (unpaired) electrons. The van der Waals surface area contributed by atoms with Crippen molar-refractivity contribution in [1.29, 1.82) is 0 Å². The molecule has 1 atom stereocenters. The summed E-state index contributed by atoms with van der Waals surface area (Å²) in [5, 5.41) is 9.22. The largest absolute Gasteiger partial charge is 0.481 e. The first-order valence-electron chi connectivity index (χ1n) is 5.81. The van der Waals surface area contributed by atoms with Crippen LogP contribution in [0.3, 0.4) is 0 Å². The first kappa shape index (κ1) is 11.9. The van der Waals surface area contributed by atoms with E-state index in [0.29, 0.717) is 6.54 Å². The van der Waals surface area contributed by atoms with E-state index in [1.807, 2.05) is 38.4 Å². The lowest BCUT2D eigenvalue weighted by molar-refractivity contribution is -0.138. The summed E-state index contributed by atoms with van der Waals surface area (Å²) in [4.78, 5) is 15.5. The molecule has 1 aliphatic rings. The fraction of sp³-hybridized carbons (Fsp3) is 0.462. The van der Waals surface area contributed by atoms with E-state index in [1.165, 1.54) is 0 Å². The number of rotatable bonds is 4. The lowest BCUT2D eigenvalue weighted by atomic mass is 10.0. The van der Waals surface area contributed by atoms with Crippen LogP contribution in [0.5, 0.6) is 0 Å². The van der Waals surface area contributed by atoms with Crippen LogP contribution in [0.15, 0.2) is 24.3 Å². The Kier molecular flexibility index (Phi) is 3.33. The first-order valence-corrected chi connectivity index (χ1v) is 5.81. The van der Waals surface area contributed by atoms with Gasteiger partial charge in [-0.2, -0.15) is 0 Å². The number of carboxylic acids is 1. The van der Waals surface area contributed by atoms with Gasteiger partial charge in [-0.15, -0.1) is 0 Å². The van der Waals surface area contributed by atoms with Gasteiger partial charge in [-0.1, -0.05) is 18.2 Å². The third kappa shape index (κ3) is 2.42. The number of aliphatic carboxylic acids is 1. The minimum absolute atomic E-state index is 0.381. The fourth-order valence-corrected chi connectivity index (χ4v) is 2.23. The molecular weight excluding hydrogens is 216 g/mol. The number of carbonyl (C=O) groups is 1. The van der Waals surface area contributed by atoms with Crippen LogP contribution in [0.4, 0.5) is 5.69 Å². The van der Waals surface area contributed by atoms with Crippen LogP contribution >= 0.6 is 0 Å². The molecule has 1 aromatic carbocycles. The quantitative estimate of drug-likeness (QED) is 0.851. The predicted molar refractivity (Wildman–Crippen MR) is 67.6 cm³/mol. The Morgan fingerprint density at radius 1 is 1.47 bits per heavy atom. The number of hydrogen-bond donors (Lipinski definition) is 1. The maximum Gasteiger partial charge on any atom is 0.312 e. The van der Waals surface area contributed by atoms with Gasteiger partial charge < -0.3 is 14.9 Å². The minimum Gasteiger partial charge on any atom is -0.481 e. The Morgan fingerprint density at radius 3 is 2.82 bits per heavy atom. The number of anilines is 1. The second-order valence-electron chi connectivity index (χ2n) is 4.70. The van der Waals surface area contributed by atoms with Crippen molar-refractivity contribution in [2.45, 2.75) is 5.92 Å². The topological polar surface area (TPSA) is 43.8 Å². The molecule has 0 saturated carbocycles. The fourth-order valence-electron chi connectivity index (χ4n) is 2.23. The monoisotopic (exact) mass is 234 g/mol. The van der Waals surface area contributed by atoms with E-state index in [9.17, 15) is 9.90 Å². The molecule has 0 amide bonds. The third-order valence-electron chi connectivity index (χ3n) is 3.17. The van der Waals surface area contributed by atoms with Crippen molar-refractivity contribution >= 4 is 11.7 Å². The van der Waals surface area contributed by atoms with Crippen LogP contribution < -0.4 is 4.90 Å². The Hall–Kier alpha value is -1.55. The number of benzene rings is 1. The van der Waals surface area contributed by atoms with Gasteiger partial charge >= 0.3 is 5.97 Å². The Labute approximate surface area is 101 Å². The summed E-state index contributed by atoms with van der Waals surface area (Å²) in [6.07, 6.45) is 0. The summed E-state index contributed by atoms with van der Waals surface area (Å²) in [5.74, 6) is -1.11. The van der Waals surface area contributed by atoms with Gasteiger partial charge in [-0.25, -0.2) is 0 Å². The molecule has 0 fully saturated rings. The number of nitrogens with zero attached hydrogens (tertiary/aromatic N) is 2. The van der Waals surface area contributed by atoms with Gasteiger partial charge in [0, 0.05) is 25.3 Å². The van der Waals surface area contributed by atoms with Crippen molar-refractivity contribution in [3.05, 3.63) is 29.8 Å². The molecule has 1 unspecified atom stereocenters. The maximum atomic E-state index is 11.2. The zero-order chi connectivity index (χ0) is 12.4. The number of fused-ring (bicyclic) bond motifs is 1. The highest BCUT2D eigenvalue weighted by atomic mass is 16.4. The minimum atomic E-state index is -0.732. The molecular formula is C13H18N2O2. The molecule has 0 aliphatic carbocycles. The second kappa shape index (κ2) is 4.75. The molecule has 1 aromatic rings. The molecule has 0 spiro atoms. The van der Waals surface area contributed by atoms with Crippen molar-refractivity contribution in [3.63, 3.8) is 0 Å². The van der Waals surface area contributed by atoms with Crippen molar-refractivity contribution in [2.24, 2.45) is 0 Å². The molecule has 1 heterocycles. The van der Waals surface area contributed by atoms with Crippen LogP contribution in [0, 0.1) is 0 Å². The lowest BCUT2D eigenvalue weighted by Gasteiger charge is -2.21. The van der Waals surface area contributed by atoms with Gasteiger partial charge in [0.25, 0.3) is 0 Å². The molecule has 0 saturated heterocycles. The Bertz CT molecular complexity index is 418. The van der Waals surface area contributed by atoms with Crippen LogP contribution in [0.25, 0.3) is 0 Å². The Morgan fingerprint density at radius 2 is 2.18 bits per heavy atom. The highest BCUT2D eigenvalue weighted by Crippen LogP contribution is 2.35. The number of likely N-dealkylation sites (N-methyl/N-ethyl adjacent to an activating group) is 1. The molecule has 4 heteroatoms. The summed E-state index contributed by atoms with van der Waals surface area (Å²) >= 11 is 0. The van der Waals surface area contributed by atoms with Crippen molar-refractivity contribution in [2.75, 3.05) is 38.6 Å². The smallest absolute Gasteiger partial charge is 0.312 e. The van der Waals surface area contributed by atoms with Gasteiger partial charge in [0.15, 0.2) is 0 Å². The van der Waals surface area contributed by atoms with E-state index < -0.39 is 5.97 Å². The molecule has 17 heavy (non-hydrogen) atoms. The molecule has 1 aliphatic heterocycles. The standard InChI is InChI=1S/C13H18N2O2/c1-14(2)7-8-15-9-11(13(16)17)10-5-3-4-6-12(10)15/h3-6,11H,7-9H2,1-2H3,(H,16,17). The summed E-state index contributed by atoms with van der Waals surface area (Å²) < 4.78 is 0. The second-order valence-corrected chi connectivity index (χ2v) is 4.70. The predicted octanol–water partition coefficient (Wildman–Crippen LogP) is 1.24. The molecule has 0 aromatic heterocycles. The summed E-state index contributed by atoms with van der Waals surface area (Å²) in [7, 11) is 4.05. The van der Waals surface area contributed by atoms with Gasteiger partial charge in [0.1, 0.15) is 5.92 Å². The van der Waals surface area contributed by atoms with Crippen LogP contribution in [0.2, 0.25) is 0 Å². The number of para-hydroxylation sites is 1. The molecule has 0 bridgehead atoms. The average molecular weight is 234 g/mol. The van der Waals surface area contributed by atoms with Crippen LogP contribution in [0.1, 0.15) is 11.5 Å². The van der Waals surface area contributed by atoms with E-state index >= 15 is 0 Å². The zero-order valence-corrected chi connectivity index (χ0v) is 10.3. The zero-order valence-electron chi connectivity index (χ0n) is 10.3. The highest BCUT2D eigenvalue weighted by molar-refractivity contribution is 5.82. The summed E-state index contributed by atoms with van der Waals surface area (Å²) in [6.45, 7) is 2.39. The van der Waals surface area contributed by atoms with Crippen LogP contribution in [-0.4, -0.2) is 49.7 Å². The van der Waals surface area contributed by atoms with Gasteiger partial charge in [-0.3, -0.25) is 4.79 Å². The maximum absolute atomic E-state index is 11.2. The van der Waals surface area contributed by atoms with Gasteiger partial charge in [0.05, 0.1) is 0 Å². The summed E-state index contributed by atoms with van der Waals surface area (Å²) in [6, 6.07) is 7.80. The lowest BCUT2D eigenvalue weighted by Crippen LogP contribution is -2.31. The van der Waals surface area contributed by atoms with Gasteiger partial charge in [0.2, 0.25) is 0 Å². The third-order valence-corrected chi connectivity index (χ3v) is 3.17. The van der Waals surface area contributed by atoms with Gasteiger partial charge in [-0.05, 0) is 25.7 Å². The molecule has 2 rings (SSSR count). The average Bonchev–Trinajstić information content (AvgIpc) is 2.65. The van der Waals surface area contributed by atoms with Crippen molar-refractivity contribution < 1.29 is 9.90 Å². The highest BCUT2D eigenvalue weighted by Gasteiger charge is 2.32. The van der Waals surface area contributed by atoms with E-state index in [-0.39, 0.29) is 5.92 Å². The van der Waals surface area contributed by atoms with Crippen LogP contribution in [-0.2, 0) is 4.79 Å². The molecule has 4 nitrogen and oxygen atoms in total. The van der Waals surface area contributed by atoms with Crippen molar-refractivity contribution in [1.82, 2.24) is 4.90 Å². The van der Waals surface area contributed by atoms with E-state index in [2.05, 4.69) is 9.80 Å². The molecule has 92 valence electrons. The molecule has 1 N–H and O–H groups in total. The first-order chi connectivity index (χ1) is 8.09. The Balaban J connectivity index is 2.19. The normalized spacial score (nSPS) is 18.5. The SMILES string of the molecule is CN(C)CCN1CC(C(=O)O)c2ccccc21. The summed E-state index contributed by atoms with van der Waals surface area (Å²) in [5.41, 5.74) is 2.01. The number of carboxylic acid groups (broad SMARTS) is 1. The van der Waals surface area contributed by atoms with E-state index in [0.717, 1.165) is 24.3 Å².